The molecule has 0 unspecified atom stereocenters. The van der Waals surface area contributed by atoms with Crippen LogP contribution in [0.2, 0.25) is 0 Å². The first-order valence-corrected chi connectivity index (χ1v) is 10.1. The maximum Gasteiger partial charge on any atom is 0.200 e. The second-order valence-corrected chi connectivity index (χ2v) is 7.94. The van der Waals surface area contributed by atoms with Gasteiger partial charge in [0.05, 0.1) is 13.2 Å². The smallest absolute Gasteiger partial charge is 0.200 e. The molecule has 2 aliphatic heterocycles. The van der Waals surface area contributed by atoms with E-state index < -0.39 is 0 Å². The number of nitrogens with zero attached hydrogens (tertiary/aromatic N) is 1. The number of anilines is 1. The van der Waals surface area contributed by atoms with Crippen molar-refractivity contribution in [1.29, 1.82) is 0 Å². The predicted molar refractivity (Wildman–Crippen MR) is 107 cm³/mol. The average Bonchev–Trinajstić information content (AvgIpc) is 2.73. The lowest BCUT2D eigenvalue weighted by molar-refractivity contribution is 0.120. The van der Waals surface area contributed by atoms with Gasteiger partial charge in [0.15, 0.2) is 11.3 Å². The molecule has 0 saturated carbocycles. The van der Waals surface area contributed by atoms with Crippen LogP contribution in [0.25, 0.3) is 11.3 Å². The zero-order chi connectivity index (χ0) is 19.1. The zero-order valence-corrected chi connectivity index (χ0v) is 15.9. The molecule has 0 radical (unpaired) electrons. The van der Waals surface area contributed by atoms with Gasteiger partial charge in [-0.2, -0.15) is 0 Å². The van der Waals surface area contributed by atoms with Crippen molar-refractivity contribution in [2.75, 3.05) is 31.2 Å². The highest BCUT2D eigenvalue weighted by Crippen LogP contribution is 2.45. The summed E-state index contributed by atoms with van der Waals surface area (Å²) >= 11 is 1.53. The summed E-state index contributed by atoms with van der Waals surface area (Å²) < 4.78 is 26.1. The first kappa shape index (κ1) is 17.5. The standard InChI is InChI=1S/C22H18FNO3S/c23-18-6-5-16(22-17(18)11-14-3-1-2-4-20(14)28-22)19-12-15(25)13-21(27-19)24-7-9-26-10-8-24/h1-6,12-13H,7-11H2. The number of rotatable bonds is 2. The number of hydrogen-bond donors (Lipinski definition) is 0. The van der Waals surface area contributed by atoms with Gasteiger partial charge in [0.2, 0.25) is 0 Å². The third-order valence-corrected chi connectivity index (χ3v) is 6.39. The zero-order valence-electron chi connectivity index (χ0n) is 15.1. The van der Waals surface area contributed by atoms with Gasteiger partial charge in [0.1, 0.15) is 11.6 Å². The van der Waals surface area contributed by atoms with Crippen molar-refractivity contribution in [2.45, 2.75) is 16.2 Å². The second-order valence-electron chi connectivity index (χ2n) is 6.88. The fourth-order valence-corrected chi connectivity index (χ4v) is 4.87. The predicted octanol–water partition coefficient (Wildman–Crippen LogP) is 4.34. The van der Waals surface area contributed by atoms with Gasteiger partial charge in [-0.15, -0.1) is 0 Å². The summed E-state index contributed by atoms with van der Waals surface area (Å²) in [5.41, 5.74) is 2.39. The molecular formula is C22H18FNO3S. The van der Waals surface area contributed by atoms with Gasteiger partial charge in [-0.05, 0) is 23.8 Å². The second kappa shape index (κ2) is 7.11. The van der Waals surface area contributed by atoms with Crippen molar-refractivity contribution in [3.63, 3.8) is 0 Å². The topological polar surface area (TPSA) is 42.7 Å². The van der Waals surface area contributed by atoms with Crippen molar-refractivity contribution in [3.05, 3.63) is 75.7 Å². The van der Waals surface area contributed by atoms with E-state index in [1.165, 1.54) is 30.0 Å². The Hall–Kier alpha value is -2.57. The van der Waals surface area contributed by atoms with Crippen LogP contribution in [-0.4, -0.2) is 26.3 Å². The lowest BCUT2D eigenvalue weighted by Crippen LogP contribution is -2.36. The summed E-state index contributed by atoms with van der Waals surface area (Å²) in [5, 5.41) is 0. The Morgan fingerprint density at radius 3 is 2.71 bits per heavy atom. The highest BCUT2D eigenvalue weighted by Gasteiger charge is 2.24. The maximum atomic E-state index is 14.6. The number of benzene rings is 2. The van der Waals surface area contributed by atoms with Gasteiger partial charge in [0, 0.05) is 52.6 Å². The van der Waals surface area contributed by atoms with E-state index in [9.17, 15) is 9.18 Å². The van der Waals surface area contributed by atoms with Crippen LogP contribution in [0.5, 0.6) is 0 Å². The lowest BCUT2D eigenvalue weighted by atomic mass is 10.00. The van der Waals surface area contributed by atoms with E-state index in [4.69, 9.17) is 9.15 Å². The quantitative estimate of drug-likeness (QED) is 0.505. The van der Waals surface area contributed by atoms with E-state index in [-0.39, 0.29) is 11.2 Å². The van der Waals surface area contributed by atoms with E-state index in [0.29, 0.717) is 49.9 Å². The molecule has 5 rings (SSSR count). The molecule has 142 valence electrons. The molecule has 0 amide bonds. The summed E-state index contributed by atoms with van der Waals surface area (Å²) in [7, 11) is 0. The van der Waals surface area contributed by atoms with Crippen LogP contribution in [0.4, 0.5) is 10.3 Å². The SMILES string of the molecule is O=c1cc(-c2ccc(F)c3c2Sc2ccccc2C3)oc(N2CCOCC2)c1. The molecule has 0 aliphatic carbocycles. The molecule has 1 fully saturated rings. The van der Waals surface area contributed by atoms with Crippen molar-refractivity contribution in [2.24, 2.45) is 0 Å². The minimum Gasteiger partial charge on any atom is -0.440 e. The average molecular weight is 395 g/mol. The molecule has 3 heterocycles. The molecule has 1 aromatic heterocycles. The van der Waals surface area contributed by atoms with Crippen molar-refractivity contribution in [3.8, 4) is 11.3 Å². The molecule has 28 heavy (non-hydrogen) atoms. The summed E-state index contributed by atoms with van der Waals surface area (Å²) in [5.74, 6) is 0.773. The maximum absolute atomic E-state index is 14.6. The normalized spacial score (nSPS) is 15.8. The van der Waals surface area contributed by atoms with Crippen LogP contribution in [0, 0.1) is 5.82 Å². The van der Waals surface area contributed by atoms with Gasteiger partial charge < -0.3 is 14.1 Å². The van der Waals surface area contributed by atoms with E-state index in [0.717, 1.165) is 20.9 Å². The molecule has 0 bridgehead atoms. The van der Waals surface area contributed by atoms with Gasteiger partial charge >= 0.3 is 0 Å². The van der Waals surface area contributed by atoms with Crippen LogP contribution < -0.4 is 10.3 Å². The summed E-state index contributed by atoms with van der Waals surface area (Å²) in [6.45, 7) is 2.56. The van der Waals surface area contributed by atoms with Crippen LogP contribution in [0.1, 0.15) is 11.1 Å². The highest BCUT2D eigenvalue weighted by atomic mass is 32.2. The van der Waals surface area contributed by atoms with Crippen molar-refractivity contribution >= 4 is 17.6 Å². The molecule has 0 atom stereocenters. The van der Waals surface area contributed by atoms with E-state index in [1.807, 2.05) is 29.2 Å². The number of ether oxygens (including phenoxy) is 1. The number of morpholine rings is 1. The monoisotopic (exact) mass is 395 g/mol. The van der Waals surface area contributed by atoms with Crippen LogP contribution in [0.15, 0.2) is 67.5 Å². The van der Waals surface area contributed by atoms with Crippen LogP contribution in [0.3, 0.4) is 0 Å². The molecule has 2 aromatic carbocycles. The lowest BCUT2D eigenvalue weighted by Gasteiger charge is -2.27. The van der Waals surface area contributed by atoms with Crippen molar-refractivity contribution in [1.82, 2.24) is 0 Å². The summed E-state index contributed by atoms with van der Waals surface area (Å²) in [4.78, 5) is 16.3. The largest absolute Gasteiger partial charge is 0.440 e. The third-order valence-electron chi connectivity index (χ3n) is 5.10. The molecular weight excluding hydrogens is 377 g/mol. The Morgan fingerprint density at radius 1 is 1.04 bits per heavy atom. The highest BCUT2D eigenvalue weighted by molar-refractivity contribution is 7.99. The molecule has 6 heteroatoms. The van der Waals surface area contributed by atoms with Gasteiger partial charge in [-0.25, -0.2) is 4.39 Å². The molecule has 0 N–H and O–H groups in total. The number of halogens is 1. The fourth-order valence-electron chi connectivity index (χ4n) is 3.67. The Morgan fingerprint density at radius 2 is 1.86 bits per heavy atom. The molecule has 1 saturated heterocycles. The third kappa shape index (κ3) is 3.12. The summed E-state index contributed by atoms with van der Waals surface area (Å²) in [6.07, 6.45) is 0.533. The fraction of sp³-hybridized carbons (Fsp3) is 0.227. The van der Waals surface area contributed by atoms with Crippen LogP contribution in [-0.2, 0) is 11.2 Å². The Kier molecular flexibility index (Phi) is 4.45. The number of fused-ring (bicyclic) bond motifs is 2. The first-order chi connectivity index (χ1) is 13.7. The molecule has 2 aliphatic rings. The Labute approximate surface area is 165 Å². The summed E-state index contributed by atoms with van der Waals surface area (Å²) in [6, 6.07) is 14.2. The minimum absolute atomic E-state index is 0.123. The molecule has 3 aromatic rings. The van der Waals surface area contributed by atoms with E-state index >= 15 is 0 Å². The van der Waals surface area contributed by atoms with Gasteiger partial charge in [0.25, 0.3) is 0 Å². The molecule has 0 spiro atoms. The van der Waals surface area contributed by atoms with Crippen LogP contribution >= 0.6 is 11.8 Å². The van der Waals surface area contributed by atoms with E-state index in [1.54, 1.807) is 6.07 Å². The minimum atomic E-state index is -0.229. The Balaban J connectivity index is 1.61. The first-order valence-electron chi connectivity index (χ1n) is 9.24. The number of hydrogen-bond acceptors (Lipinski definition) is 5. The van der Waals surface area contributed by atoms with Gasteiger partial charge in [-0.1, -0.05) is 30.0 Å². The Bertz CT molecular complexity index is 1110. The van der Waals surface area contributed by atoms with Gasteiger partial charge in [-0.3, -0.25) is 4.79 Å². The molecule has 4 nitrogen and oxygen atoms in total. The van der Waals surface area contributed by atoms with Crippen molar-refractivity contribution < 1.29 is 13.5 Å². The van der Waals surface area contributed by atoms with E-state index in [2.05, 4.69) is 0 Å².